The molecule has 0 aliphatic carbocycles. The Morgan fingerprint density at radius 2 is 1.80 bits per heavy atom. The Bertz CT molecular complexity index is 400. The van der Waals surface area contributed by atoms with Gasteiger partial charge in [0.15, 0.2) is 0 Å². The van der Waals surface area contributed by atoms with Crippen molar-refractivity contribution < 1.29 is 29.0 Å². The number of esters is 1. The highest BCUT2D eigenvalue weighted by molar-refractivity contribution is 5.82. The molecule has 114 valence electrons. The molecule has 7 nitrogen and oxygen atoms in total. The largest absolute Gasteiger partial charge is 0.480 e. The second kappa shape index (κ2) is 6.11. The van der Waals surface area contributed by atoms with E-state index >= 15 is 0 Å². The Labute approximate surface area is 117 Å². The van der Waals surface area contributed by atoms with Gasteiger partial charge in [-0.2, -0.15) is 0 Å². The van der Waals surface area contributed by atoms with Crippen molar-refractivity contribution >= 4 is 18.0 Å². The smallest absolute Gasteiger partial charge is 0.411 e. The van der Waals surface area contributed by atoms with Gasteiger partial charge in [-0.1, -0.05) is 0 Å². The van der Waals surface area contributed by atoms with Gasteiger partial charge in [0.05, 0.1) is 13.0 Å². The minimum absolute atomic E-state index is 0.00144. The predicted octanol–water partition coefficient (Wildman–Crippen LogP) is 1.26. The molecule has 0 aromatic rings. The van der Waals surface area contributed by atoms with E-state index in [2.05, 4.69) is 4.74 Å². The molecule has 1 aliphatic rings. The first kappa shape index (κ1) is 16.3. The van der Waals surface area contributed by atoms with Crippen LogP contribution in [0.1, 0.15) is 33.6 Å². The molecule has 0 bridgehead atoms. The quantitative estimate of drug-likeness (QED) is 0.768. The van der Waals surface area contributed by atoms with Crippen molar-refractivity contribution in [1.29, 1.82) is 0 Å². The van der Waals surface area contributed by atoms with Crippen molar-refractivity contribution in [3.05, 3.63) is 0 Å². The molecule has 0 aromatic heterocycles. The van der Waals surface area contributed by atoms with Crippen LogP contribution in [-0.2, 0) is 19.1 Å². The van der Waals surface area contributed by atoms with E-state index < -0.39 is 35.6 Å². The topological polar surface area (TPSA) is 93.1 Å². The molecule has 0 saturated carbocycles. The van der Waals surface area contributed by atoms with E-state index in [0.717, 1.165) is 4.90 Å². The summed E-state index contributed by atoms with van der Waals surface area (Å²) < 4.78 is 9.84. The number of amides is 1. The lowest BCUT2D eigenvalue weighted by molar-refractivity contribution is -0.153. The SMILES string of the molecule is COC(=O)[C@@H]1CC[C@H](C(=O)O)N(C(=O)OC(C)(C)C)C1. The second-order valence-electron chi connectivity index (χ2n) is 5.78. The van der Waals surface area contributed by atoms with E-state index in [1.807, 2.05) is 0 Å². The number of carbonyl (C=O) groups excluding carboxylic acids is 2. The van der Waals surface area contributed by atoms with E-state index in [9.17, 15) is 19.5 Å². The third-order valence-electron chi connectivity index (χ3n) is 3.03. The number of nitrogens with zero attached hydrogens (tertiary/aromatic N) is 1. The number of carbonyl (C=O) groups is 3. The maximum Gasteiger partial charge on any atom is 0.411 e. The van der Waals surface area contributed by atoms with E-state index in [-0.39, 0.29) is 13.0 Å². The van der Waals surface area contributed by atoms with Crippen molar-refractivity contribution in [2.75, 3.05) is 13.7 Å². The Morgan fingerprint density at radius 3 is 2.25 bits per heavy atom. The van der Waals surface area contributed by atoms with Gasteiger partial charge in [0.25, 0.3) is 0 Å². The maximum absolute atomic E-state index is 12.1. The fourth-order valence-corrected chi connectivity index (χ4v) is 2.11. The van der Waals surface area contributed by atoms with Gasteiger partial charge in [0.1, 0.15) is 11.6 Å². The first-order valence-electron chi connectivity index (χ1n) is 6.46. The maximum atomic E-state index is 12.1. The normalized spacial score (nSPS) is 23.1. The monoisotopic (exact) mass is 287 g/mol. The molecule has 1 heterocycles. The fraction of sp³-hybridized carbons (Fsp3) is 0.769. The number of carboxylic acids is 1. The van der Waals surface area contributed by atoms with Crippen molar-refractivity contribution in [3.8, 4) is 0 Å². The summed E-state index contributed by atoms with van der Waals surface area (Å²) in [5.41, 5.74) is -0.724. The van der Waals surface area contributed by atoms with Crippen LogP contribution >= 0.6 is 0 Å². The third kappa shape index (κ3) is 4.11. The molecule has 1 fully saturated rings. The van der Waals surface area contributed by atoms with Crippen LogP contribution in [0.5, 0.6) is 0 Å². The Morgan fingerprint density at radius 1 is 1.20 bits per heavy atom. The first-order valence-corrected chi connectivity index (χ1v) is 6.46. The van der Waals surface area contributed by atoms with Gasteiger partial charge < -0.3 is 14.6 Å². The average molecular weight is 287 g/mol. The minimum atomic E-state index is -1.10. The zero-order chi connectivity index (χ0) is 15.5. The van der Waals surface area contributed by atoms with Gasteiger partial charge >= 0.3 is 18.0 Å². The lowest BCUT2D eigenvalue weighted by atomic mass is 9.93. The Hall–Kier alpha value is -1.79. The number of likely N-dealkylation sites (tertiary alicyclic amines) is 1. The second-order valence-corrected chi connectivity index (χ2v) is 5.78. The molecular weight excluding hydrogens is 266 g/mol. The molecule has 20 heavy (non-hydrogen) atoms. The van der Waals surface area contributed by atoms with Crippen LogP contribution in [0, 0.1) is 5.92 Å². The van der Waals surface area contributed by atoms with Gasteiger partial charge in [-0.15, -0.1) is 0 Å². The first-order chi connectivity index (χ1) is 9.15. The highest BCUT2D eigenvalue weighted by atomic mass is 16.6. The van der Waals surface area contributed by atoms with E-state index in [1.54, 1.807) is 20.8 Å². The summed E-state index contributed by atoms with van der Waals surface area (Å²) >= 11 is 0. The molecule has 1 saturated heterocycles. The van der Waals surface area contributed by atoms with Crippen molar-refractivity contribution in [3.63, 3.8) is 0 Å². The molecular formula is C13H21NO6. The molecule has 1 N–H and O–H groups in total. The summed E-state index contributed by atoms with van der Waals surface area (Å²) in [7, 11) is 1.27. The Kier molecular flexibility index (Phi) is 4.97. The highest BCUT2D eigenvalue weighted by Gasteiger charge is 2.40. The molecule has 1 amide bonds. The lowest BCUT2D eigenvalue weighted by Gasteiger charge is -2.37. The summed E-state index contributed by atoms with van der Waals surface area (Å²) in [5, 5.41) is 9.17. The van der Waals surface area contributed by atoms with Crippen LogP contribution in [0.4, 0.5) is 4.79 Å². The summed E-state index contributed by atoms with van der Waals surface area (Å²) in [6, 6.07) is -0.967. The van der Waals surface area contributed by atoms with Crippen LogP contribution in [0.15, 0.2) is 0 Å². The molecule has 2 atom stereocenters. The Balaban J connectivity index is 2.86. The number of carboxylic acid groups (broad SMARTS) is 1. The van der Waals surface area contributed by atoms with E-state index in [1.165, 1.54) is 7.11 Å². The average Bonchev–Trinajstić information content (AvgIpc) is 2.34. The van der Waals surface area contributed by atoms with Crippen LogP contribution in [0.3, 0.4) is 0 Å². The zero-order valence-electron chi connectivity index (χ0n) is 12.2. The summed E-state index contributed by atoms with van der Waals surface area (Å²) in [6.07, 6.45) is -0.143. The van der Waals surface area contributed by atoms with E-state index in [4.69, 9.17) is 4.74 Å². The van der Waals surface area contributed by atoms with Crippen LogP contribution in [0.2, 0.25) is 0 Å². The minimum Gasteiger partial charge on any atom is -0.480 e. The van der Waals surface area contributed by atoms with Gasteiger partial charge in [0, 0.05) is 6.54 Å². The van der Waals surface area contributed by atoms with Crippen LogP contribution < -0.4 is 0 Å². The number of rotatable bonds is 2. The number of hydrogen-bond acceptors (Lipinski definition) is 5. The third-order valence-corrected chi connectivity index (χ3v) is 3.03. The number of piperidine rings is 1. The number of hydrogen-bond donors (Lipinski definition) is 1. The number of aliphatic carboxylic acids is 1. The molecule has 0 aromatic carbocycles. The van der Waals surface area contributed by atoms with Gasteiger partial charge in [-0.3, -0.25) is 9.69 Å². The van der Waals surface area contributed by atoms with Crippen molar-refractivity contribution in [2.45, 2.75) is 45.3 Å². The van der Waals surface area contributed by atoms with E-state index in [0.29, 0.717) is 6.42 Å². The summed E-state index contributed by atoms with van der Waals surface area (Å²) in [6.45, 7) is 5.09. The summed E-state index contributed by atoms with van der Waals surface area (Å²) in [4.78, 5) is 35.9. The van der Waals surface area contributed by atoms with Crippen LogP contribution in [-0.4, -0.2) is 53.3 Å². The molecule has 1 rings (SSSR count). The zero-order valence-corrected chi connectivity index (χ0v) is 12.2. The molecule has 1 aliphatic heterocycles. The molecule has 0 unspecified atom stereocenters. The molecule has 7 heteroatoms. The van der Waals surface area contributed by atoms with Gasteiger partial charge in [-0.25, -0.2) is 9.59 Å². The number of ether oxygens (including phenoxy) is 2. The van der Waals surface area contributed by atoms with Crippen molar-refractivity contribution in [1.82, 2.24) is 4.90 Å². The van der Waals surface area contributed by atoms with Gasteiger partial charge in [-0.05, 0) is 33.6 Å². The number of methoxy groups -OCH3 is 1. The lowest BCUT2D eigenvalue weighted by Crippen LogP contribution is -2.53. The standard InChI is InChI=1S/C13H21NO6/c1-13(2,3)20-12(18)14-7-8(11(17)19-4)5-6-9(14)10(15)16/h8-9H,5-7H2,1-4H3,(H,15,16)/t8-,9-/m1/s1. The predicted molar refractivity (Wildman–Crippen MR) is 69.1 cm³/mol. The molecule has 0 radical (unpaired) electrons. The van der Waals surface area contributed by atoms with Crippen molar-refractivity contribution in [2.24, 2.45) is 5.92 Å². The van der Waals surface area contributed by atoms with Gasteiger partial charge in [0.2, 0.25) is 0 Å². The fourth-order valence-electron chi connectivity index (χ4n) is 2.11. The van der Waals surface area contributed by atoms with Crippen LogP contribution in [0.25, 0.3) is 0 Å². The summed E-state index contributed by atoms with van der Waals surface area (Å²) in [5.74, 6) is -2.05. The highest BCUT2D eigenvalue weighted by Crippen LogP contribution is 2.25. The molecule has 0 spiro atoms.